The molecule has 0 aromatic carbocycles. The molecule has 1 unspecified atom stereocenters. The second-order valence-corrected chi connectivity index (χ2v) is 6.17. The molecule has 0 aliphatic carbocycles. The van der Waals surface area contributed by atoms with Gasteiger partial charge >= 0.3 is 34.7 Å². The van der Waals surface area contributed by atoms with Crippen LogP contribution in [-0.4, -0.2) is 48.2 Å². The number of carboxylic acids is 1. The van der Waals surface area contributed by atoms with E-state index in [0.717, 1.165) is 0 Å². The summed E-state index contributed by atoms with van der Waals surface area (Å²) >= 11 is -2.25. The van der Waals surface area contributed by atoms with Gasteiger partial charge in [0, 0.05) is 6.20 Å². The number of carboxylic acid groups (broad SMARTS) is 1. The molecular weight excluding hydrogens is 361 g/mol. The SMILES string of the molecule is O=C([O-])C1=C(/C=N\O)C(=O)[S+]([O-])[C@H]2/C(=C\c3ccccn3)C(=O)N12.[Na+]. The minimum Gasteiger partial charge on any atom is -0.607 e. The molecule has 1 aromatic rings. The number of carbonyl (C=O) groups is 3. The third kappa shape index (κ3) is 3.14. The van der Waals surface area contributed by atoms with E-state index >= 15 is 0 Å². The van der Waals surface area contributed by atoms with E-state index in [-0.39, 0.29) is 35.1 Å². The first-order chi connectivity index (χ1) is 11.5. The van der Waals surface area contributed by atoms with Crippen molar-refractivity contribution in [1.82, 2.24) is 9.88 Å². The molecule has 0 saturated carbocycles. The fourth-order valence-electron chi connectivity index (χ4n) is 2.42. The number of hydrogen-bond acceptors (Lipinski definition) is 8. The van der Waals surface area contributed by atoms with Gasteiger partial charge in [-0.25, -0.2) is 4.79 Å². The molecule has 0 spiro atoms. The summed E-state index contributed by atoms with van der Waals surface area (Å²) in [5, 5.41) is 20.1. The van der Waals surface area contributed by atoms with Crippen LogP contribution in [0.3, 0.4) is 0 Å². The van der Waals surface area contributed by atoms with Crippen molar-refractivity contribution < 1.29 is 58.8 Å². The zero-order valence-electron chi connectivity index (χ0n) is 12.8. The van der Waals surface area contributed by atoms with Crippen LogP contribution in [0.1, 0.15) is 5.69 Å². The predicted octanol–water partition coefficient (Wildman–Crippen LogP) is -4.61. The Morgan fingerprint density at radius 3 is 2.68 bits per heavy atom. The van der Waals surface area contributed by atoms with Crippen molar-refractivity contribution in [2.75, 3.05) is 0 Å². The largest absolute Gasteiger partial charge is 1.00 e. The van der Waals surface area contributed by atoms with Crippen molar-refractivity contribution >= 4 is 40.5 Å². The molecule has 11 heteroatoms. The molecule has 1 N–H and O–H groups in total. The number of amides is 1. The minimum absolute atomic E-state index is 0. The summed E-state index contributed by atoms with van der Waals surface area (Å²) in [5.74, 6) is -2.56. The van der Waals surface area contributed by atoms with Crippen LogP contribution in [0, 0.1) is 0 Å². The predicted molar refractivity (Wildman–Crippen MR) is 78.3 cm³/mol. The first kappa shape index (κ1) is 19.3. The van der Waals surface area contributed by atoms with Crippen LogP contribution in [0.4, 0.5) is 0 Å². The van der Waals surface area contributed by atoms with Crippen LogP contribution >= 0.6 is 0 Å². The number of β-lactam (4-membered cyclic amide) rings is 1. The molecule has 3 heterocycles. The van der Waals surface area contributed by atoms with Gasteiger partial charge in [0.15, 0.2) is 0 Å². The Bertz CT molecular complexity index is 838. The van der Waals surface area contributed by atoms with Crippen LogP contribution in [0.15, 0.2) is 46.4 Å². The van der Waals surface area contributed by atoms with Gasteiger partial charge in [0.1, 0.15) is 5.57 Å². The van der Waals surface area contributed by atoms with Crippen LogP contribution in [0.5, 0.6) is 0 Å². The molecule has 0 bridgehead atoms. The van der Waals surface area contributed by atoms with Crippen LogP contribution < -0.4 is 34.7 Å². The monoisotopic (exact) mass is 369 g/mol. The summed E-state index contributed by atoms with van der Waals surface area (Å²) in [7, 11) is 0. The molecular formula is C14H8N3NaO6S. The van der Waals surface area contributed by atoms with E-state index in [0.29, 0.717) is 16.8 Å². The van der Waals surface area contributed by atoms with Gasteiger partial charge in [-0.05, 0) is 18.2 Å². The van der Waals surface area contributed by atoms with Crippen LogP contribution in [0.2, 0.25) is 0 Å². The normalized spacial score (nSPS) is 24.2. The number of carbonyl (C=O) groups excluding carboxylic acids is 3. The number of rotatable bonds is 3. The van der Waals surface area contributed by atoms with E-state index in [2.05, 4.69) is 10.1 Å². The van der Waals surface area contributed by atoms with E-state index < -0.39 is 44.8 Å². The molecule has 25 heavy (non-hydrogen) atoms. The van der Waals surface area contributed by atoms with Crippen molar-refractivity contribution in [1.29, 1.82) is 0 Å². The van der Waals surface area contributed by atoms with Crippen molar-refractivity contribution in [2.24, 2.45) is 5.16 Å². The maximum atomic E-state index is 12.3. The fourth-order valence-corrected chi connectivity index (χ4v) is 3.78. The third-order valence-corrected chi connectivity index (χ3v) is 4.89. The van der Waals surface area contributed by atoms with Crippen molar-refractivity contribution in [3.05, 3.63) is 46.9 Å². The summed E-state index contributed by atoms with van der Waals surface area (Å²) in [6.07, 6.45) is 3.35. The summed E-state index contributed by atoms with van der Waals surface area (Å²) in [6, 6.07) is 4.93. The molecule has 9 nitrogen and oxygen atoms in total. The Kier molecular flexibility index (Phi) is 5.80. The van der Waals surface area contributed by atoms with E-state index in [1.807, 2.05) is 0 Å². The zero-order chi connectivity index (χ0) is 17.4. The zero-order valence-corrected chi connectivity index (χ0v) is 15.6. The fraction of sp³-hybridized carbons (Fsp3) is 0.0714. The summed E-state index contributed by atoms with van der Waals surface area (Å²) in [6.45, 7) is 0. The van der Waals surface area contributed by atoms with Gasteiger partial charge in [0.05, 0.1) is 40.3 Å². The molecule has 122 valence electrons. The van der Waals surface area contributed by atoms with E-state index in [4.69, 9.17) is 5.21 Å². The smallest absolute Gasteiger partial charge is 0.607 e. The molecule has 2 aliphatic heterocycles. The number of aromatic nitrogens is 1. The Labute approximate surface area is 166 Å². The topological polar surface area (TPSA) is 146 Å². The van der Waals surface area contributed by atoms with Gasteiger partial charge in [0.25, 0.3) is 5.91 Å². The first-order valence-electron chi connectivity index (χ1n) is 6.51. The first-order valence-corrected chi connectivity index (χ1v) is 7.72. The maximum absolute atomic E-state index is 12.3. The standard InChI is InChI=1S/C14H9N3O6S.Na/c18-11-8(5-7-3-1-2-4-15-7)12-17(11)10(13(19)20)9(6-16-22)14(21)24(12)23;/h1-6,12,22H,(H,19,20);/q;+1/p-1/b8-5-,16-6-;/t12-,24?;/m0./s1. The summed E-state index contributed by atoms with van der Waals surface area (Å²) < 4.78 is 12.3. The van der Waals surface area contributed by atoms with Gasteiger partial charge in [0.2, 0.25) is 5.37 Å². The van der Waals surface area contributed by atoms with Crippen molar-refractivity contribution in [2.45, 2.75) is 5.37 Å². The van der Waals surface area contributed by atoms with Gasteiger partial charge in [-0.3, -0.25) is 14.7 Å². The van der Waals surface area contributed by atoms with Gasteiger partial charge in [-0.2, -0.15) is 0 Å². The van der Waals surface area contributed by atoms with Crippen LogP contribution in [-0.2, 0) is 25.6 Å². The number of hydrogen-bond donors (Lipinski definition) is 1. The second kappa shape index (κ2) is 7.50. The minimum atomic E-state index is -2.25. The molecule has 0 radical (unpaired) electrons. The van der Waals surface area contributed by atoms with Crippen LogP contribution in [0.25, 0.3) is 6.08 Å². The molecule has 2 atom stereocenters. The number of oxime groups is 1. The average Bonchev–Trinajstić information content (AvgIpc) is 2.57. The Hall–Kier alpha value is -1.98. The number of pyridine rings is 1. The Balaban J connectivity index is 0.00000225. The second-order valence-electron chi connectivity index (χ2n) is 4.76. The van der Waals surface area contributed by atoms with Crippen molar-refractivity contribution in [3.63, 3.8) is 0 Å². The quantitative estimate of drug-likeness (QED) is 0.107. The van der Waals surface area contributed by atoms with Gasteiger partial charge in [-0.15, -0.1) is 0 Å². The van der Waals surface area contributed by atoms with E-state index in [1.165, 1.54) is 12.3 Å². The molecule has 1 fully saturated rings. The molecule has 2 aliphatic rings. The summed E-state index contributed by atoms with van der Waals surface area (Å²) in [5.41, 5.74) is -1.03. The van der Waals surface area contributed by atoms with Gasteiger partial charge in [-0.1, -0.05) is 11.2 Å². The molecule has 1 amide bonds. The summed E-state index contributed by atoms with van der Waals surface area (Å²) in [4.78, 5) is 40.3. The van der Waals surface area contributed by atoms with E-state index in [1.54, 1.807) is 18.2 Å². The number of nitrogens with zero attached hydrogens (tertiary/aromatic N) is 3. The number of fused-ring (bicyclic) bond motifs is 1. The number of aliphatic carboxylic acids is 1. The molecule has 1 aromatic heterocycles. The van der Waals surface area contributed by atoms with E-state index in [9.17, 15) is 24.0 Å². The Morgan fingerprint density at radius 1 is 1.40 bits per heavy atom. The third-order valence-electron chi connectivity index (χ3n) is 3.44. The van der Waals surface area contributed by atoms with Crippen molar-refractivity contribution in [3.8, 4) is 0 Å². The van der Waals surface area contributed by atoms with Gasteiger partial charge < -0.3 is 19.7 Å². The molecule has 1 saturated heterocycles. The maximum Gasteiger partial charge on any atom is 1.00 e. The molecule has 3 rings (SSSR count). The Morgan fingerprint density at radius 2 is 2.12 bits per heavy atom. The average molecular weight is 369 g/mol.